The van der Waals surface area contributed by atoms with E-state index in [1.165, 1.54) is 0 Å². The lowest BCUT2D eigenvalue weighted by atomic mass is 10.3. The van der Waals surface area contributed by atoms with Gasteiger partial charge in [0.05, 0.1) is 12.0 Å². The average Bonchev–Trinajstić information content (AvgIpc) is 3.02. The summed E-state index contributed by atoms with van der Waals surface area (Å²) in [4.78, 5) is 11.9. The molecule has 0 saturated heterocycles. The molecule has 1 N–H and O–H groups in total. The molecule has 0 bridgehead atoms. The number of thioether (sulfide) groups is 1. The van der Waals surface area contributed by atoms with Crippen molar-refractivity contribution in [1.29, 1.82) is 0 Å². The van der Waals surface area contributed by atoms with E-state index in [4.69, 9.17) is 9.15 Å². The predicted molar refractivity (Wildman–Crippen MR) is 92.1 cm³/mol. The van der Waals surface area contributed by atoms with Gasteiger partial charge in [-0.15, -0.1) is 0 Å². The van der Waals surface area contributed by atoms with E-state index in [0.29, 0.717) is 12.3 Å². The molecule has 22 heavy (non-hydrogen) atoms. The summed E-state index contributed by atoms with van der Waals surface area (Å²) in [6, 6.07) is 11.2. The molecule has 1 amide bonds. The van der Waals surface area contributed by atoms with Crippen molar-refractivity contribution in [2.75, 3.05) is 12.3 Å². The third-order valence-corrected chi connectivity index (χ3v) is 4.38. The first-order valence-corrected chi connectivity index (χ1v) is 8.90. The summed E-state index contributed by atoms with van der Waals surface area (Å²) < 4.78 is 11.8. The zero-order chi connectivity index (χ0) is 15.8. The first kappa shape index (κ1) is 17.0. The van der Waals surface area contributed by atoms with Crippen molar-refractivity contribution in [3.8, 4) is 5.75 Å². The molecular formula is C16H18BrNO3S. The first-order chi connectivity index (χ1) is 10.6. The van der Waals surface area contributed by atoms with Crippen LogP contribution in [0.2, 0.25) is 0 Å². The molecule has 1 aromatic carbocycles. The van der Waals surface area contributed by atoms with Gasteiger partial charge in [0, 0.05) is 16.8 Å². The number of hydrogen-bond donors (Lipinski definition) is 1. The lowest BCUT2D eigenvalue weighted by molar-refractivity contribution is -0.127. The fourth-order valence-corrected chi connectivity index (χ4v) is 2.75. The van der Waals surface area contributed by atoms with Crippen LogP contribution in [0, 0.1) is 0 Å². The maximum absolute atomic E-state index is 11.9. The molecule has 0 saturated carbocycles. The Balaban J connectivity index is 1.62. The third kappa shape index (κ3) is 5.77. The van der Waals surface area contributed by atoms with E-state index in [1.54, 1.807) is 24.9 Å². The predicted octanol–water partition coefficient (Wildman–Crippen LogP) is 3.86. The highest BCUT2D eigenvalue weighted by Crippen LogP contribution is 2.17. The van der Waals surface area contributed by atoms with Crippen LogP contribution in [0.15, 0.2) is 51.6 Å². The van der Waals surface area contributed by atoms with Crippen molar-refractivity contribution >= 4 is 33.6 Å². The Morgan fingerprint density at radius 1 is 1.36 bits per heavy atom. The SMILES string of the molecule is C[C@@H](Oc1ccc(Br)cc1)C(=O)NCCSCc1ccco1. The minimum Gasteiger partial charge on any atom is -0.481 e. The van der Waals surface area contributed by atoms with E-state index in [0.717, 1.165) is 21.7 Å². The summed E-state index contributed by atoms with van der Waals surface area (Å²) in [5.74, 6) is 3.16. The Morgan fingerprint density at radius 2 is 2.14 bits per heavy atom. The van der Waals surface area contributed by atoms with Crippen LogP contribution in [-0.4, -0.2) is 24.3 Å². The van der Waals surface area contributed by atoms with Gasteiger partial charge in [-0.25, -0.2) is 0 Å². The maximum atomic E-state index is 11.9. The molecule has 0 unspecified atom stereocenters. The molecule has 0 aliphatic carbocycles. The highest BCUT2D eigenvalue weighted by Gasteiger charge is 2.13. The Labute approximate surface area is 142 Å². The van der Waals surface area contributed by atoms with Crippen LogP contribution in [0.4, 0.5) is 0 Å². The van der Waals surface area contributed by atoms with Crippen LogP contribution in [0.3, 0.4) is 0 Å². The molecule has 1 aromatic heterocycles. The lowest BCUT2D eigenvalue weighted by Crippen LogP contribution is -2.37. The molecule has 0 aliphatic heterocycles. The monoisotopic (exact) mass is 383 g/mol. The first-order valence-electron chi connectivity index (χ1n) is 6.95. The van der Waals surface area contributed by atoms with Crippen LogP contribution in [0.25, 0.3) is 0 Å². The largest absolute Gasteiger partial charge is 0.481 e. The molecule has 0 spiro atoms. The van der Waals surface area contributed by atoms with Crippen molar-refractivity contribution in [3.63, 3.8) is 0 Å². The Kier molecular flexibility index (Phi) is 6.86. The summed E-state index contributed by atoms with van der Waals surface area (Å²) in [6.45, 7) is 2.35. The van der Waals surface area contributed by atoms with Gasteiger partial charge < -0.3 is 14.5 Å². The van der Waals surface area contributed by atoms with E-state index in [-0.39, 0.29) is 5.91 Å². The van der Waals surface area contributed by atoms with Crippen LogP contribution in [-0.2, 0) is 10.5 Å². The Hall–Kier alpha value is -1.40. The Bertz CT molecular complexity index is 572. The normalized spacial score (nSPS) is 11.9. The number of ether oxygens (including phenoxy) is 1. The van der Waals surface area contributed by atoms with Gasteiger partial charge in [-0.2, -0.15) is 11.8 Å². The van der Waals surface area contributed by atoms with Crippen LogP contribution in [0.5, 0.6) is 5.75 Å². The number of nitrogens with one attached hydrogen (secondary N) is 1. The zero-order valence-electron chi connectivity index (χ0n) is 12.3. The van der Waals surface area contributed by atoms with Crippen molar-refractivity contribution < 1.29 is 13.9 Å². The molecule has 0 radical (unpaired) electrons. The van der Waals surface area contributed by atoms with Gasteiger partial charge in [-0.3, -0.25) is 4.79 Å². The van der Waals surface area contributed by atoms with Crippen molar-refractivity contribution in [1.82, 2.24) is 5.32 Å². The second kappa shape index (κ2) is 8.90. The topological polar surface area (TPSA) is 51.5 Å². The average molecular weight is 384 g/mol. The van der Waals surface area contributed by atoms with Crippen LogP contribution in [0.1, 0.15) is 12.7 Å². The molecule has 2 rings (SSSR count). The quantitative estimate of drug-likeness (QED) is 0.703. The molecule has 1 atom stereocenters. The molecule has 1 heterocycles. The number of rotatable bonds is 8. The zero-order valence-corrected chi connectivity index (χ0v) is 14.7. The third-order valence-electron chi connectivity index (χ3n) is 2.87. The molecule has 0 fully saturated rings. The van der Waals surface area contributed by atoms with Gasteiger partial charge in [0.1, 0.15) is 11.5 Å². The number of hydrogen-bond acceptors (Lipinski definition) is 4. The van der Waals surface area contributed by atoms with Gasteiger partial charge in [0.15, 0.2) is 6.10 Å². The standard InChI is InChI=1S/C16H18BrNO3S/c1-12(21-14-6-4-13(17)5-7-14)16(19)18-8-10-22-11-15-3-2-9-20-15/h2-7,9,12H,8,10-11H2,1H3,(H,18,19)/t12-/m1/s1. The van der Waals surface area contributed by atoms with Gasteiger partial charge in [0.25, 0.3) is 5.91 Å². The van der Waals surface area contributed by atoms with Gasteiger partial charge >= 0.3 is 0 Å². The molecule has 2 aromatic rings. The van der Waals surface area contributed by atoms with E-state index in [2.05, 4.69) is 21.2 Å². The number of carbonyl (C=O) groups excluding carboxylic acids is 1. The van der Waals surface area contributed by atoms with Crippen LogP contribution < -0.4 is 10.1 Å². The fourth-order valence-electron chi connectivity index (χ4n) is 1.73. The molecule has 118 valence electrons. The van der Waals surface area contributed by atoms with Gasteiger partial charge in [0.2, 0.25) is 0 Å². The number of carbonyl (C=O) groups is 1. The second-order valence-corrected chi connectivity index (χ2v) is 6.66. The summed E-state index contributed by atoms with van der Waals surface area (Å²) >= 11 is 5.08. The van der Waals surface area contributed by atoms with Crippen molar-refractivity contribution in [3.05, 3.63) is 52.9 Å². The number of halogens is 1. The fraction of sp³-hybridized carbons (Fsp3) is 0.312. The smallest absolute Gasteiger partial charge is 0.260 e. The van der Waals surface area contributed by atoms with E-state index < -0.39 is 6.10 Å². The minimum atomic E-state index is -0.517. The van der Waals surface area contributed by atoms with Crippen molar-refractivity contribution in [2.24, 2.45) is 0 Å². The summed E-state index contributed by atoms with van der Waals surface area (Å²) in [7, 11) is 0. The van der Waals surface area contributed by atoms with Crippen LogP contribution >= 0.6 is 27.7 Å². The van der Waals surface area contributed by atoms with Gasteiger partial charge in [-0.1, -0.05) is 15.9 Å². The Morgan fingerprint density at radius 3 is 2.82 bits per heavy atom. The summed E-state index contributed by atoms with van der Waals surface area (Å²) in [6.07, 6.45) is 1.15. The summed E-state index contributed by atoms with van der Waals surface area (Å²) in [5.41, 5.74) is 0. The van der Waals surface area contributed by atoms with Gasteiger partial charge in [-0.05, 0) is 43.3 Å². The molecular weight excluding hydrogens is 366 g/mol. The molecule has 4 nitrogen and oxygen atoms in total. The minimum absolute atomic E-state index is 0.110. The molecule has 0 aliphatic rings. The van der Waals surface area contributed by atoms with Crippen molar-refractivity contribution in [2.45, 2.75) is 18.8 Å². The highest BCUT2D eigenvalue weighted by atomic mass is 79.9. The number of benzene rings is 1. The van der Waals surface area contributed by atoms with E-state index >= 15 is 0 Å². The summed E-state index contributed by atoms with van der Waals surface area (Å²) in [5, 5.41) is 2.87. The second-order valence-electron chi connectivity index (χ2n) is 4.64. The maximum Gasteiger partial charge on any atom is 0.260 e. The highest BCUT2D eigenvalue weighted by molar-refractivity contribution is 9.10. The van der Waals surface area contributed by atoms with E-state index in [1.807, 2.05) is 36.4 Å². The molecule has 6 heteroatoms. The lowest BCUT2D eigenvalue weighted by Gasteiger charge is -2.14. The number of amides is 1. The number of furan rings is 1. The van der Waals surface area contributed by atoms with E-state index in [9.17, 15) is 4.79 Å².